The van der Waals surface area contributed by atoms with E-state index in [4.69, 9.17) is 4.74 Å². The van der Waals surface area contributed by atoms with Gasteiger partial charge in [0.25, 0.3) is 0 Å². The Morgan fingerprint density at radius 1 is 1.33 bits per heavy atom. The van der Waals surface area contributed by atoms with Crippen molar-refractivity contribution in [2.45, 2.75) is 53.4 Å². The van der Waals surface area contributed by atoms with Crippen LogP contribution in [0.25, 0.3) is 0 Å². The molecule has 3 atom stereocenters. The van der Waals surface area contributed by atoms with Crippen molar-refractivity contribution < 1.29 is 9.53 Å². The van der Waals surface area contributed by atoms with Crippen molar-refractivity contribution in [3.8, 4) is 0 Å². The zero-order chi connectivity index (χ0) is 13.6. The Hall–Kier alpha value is -0.790. The monoisotopic (exact) mass is 250 g/mol. The maximum absolute atomic E-state index is 12.2. The molecular weight excluding hydrogens is 224 g/mol. The van der Waals surface area contributed by atoms with Gasteiger partial charge in [0, 0.05) is 0 Å². The van der Waals surface area contributed by atoms with Gasteiger partial charge < -0.3 is 4.74 Å². The predicted octanol–water partition coefficient (Wildman–Crippen LogP) is 3.96. The van der Waals surface area contributed by atoms with Crippen LogP contribution in [-0.2, 0) is 9.53 Å². The molecule has 0 heterocycles. The lowest BCUT2D eigenvalue weighted by Crippen LogP contribution is -2.50. The van der Waals surface area contributed by atoms with E-state index < -0.39 is 0 Å². The molecule has 2 heteroatoms. The summed E-state index contributed by atoms with van der Waals surface area (Å²) < 4.78 is 5.06. The summed E-state index contributed by atoms with van der Waals surface area (Å²) in [6, 6.07) is 0. The fourth-order valence-electron chi connectivity index (χ4n) is 4.61. The van der Waals surface area contributed by atoms with Gasteiger partial charge in [0.2, 0.25) is 0 Å². The standard InChI is InChI=1S/C16H26O2/c1-11-7-8-12-15(2,3)9-6-10-16(12,4)13(11)14(17)18-5/h7,12-13H,6,8-10H2,1-5H3/t12-,13+,16-/m0/s1. The molecule has 0 aliphatic heterocycles. The third kappa shape index (κ3) is 1.90. The molecule has 0 radical (unpaired) electrons. The van der Waals surface area contributed by atoms with Gasteiger partial charge in [0.1, 0.15) is 0 Å². The minimum absolute atomic E-state index is 0.0409. The molecule has 1 fully saturated rings. The van der Waals surface area contributed by atoms with E-state index in [2.05, 4.69) is 33.8 Å². The summed E-state index contributed by atoms with van der Waals surface area (Å²) in [6.45, 7) is 9.11. The average Bonchev–Trinajstić information content (AvgIpc) is 2.26. The van der Waals surface area contributed by atoms with Crippen LogP contribution in [0.5, 0.6) is 0 Å². The summed E-state index contributed by atoms with van der Waals surface area (Å²) in [5, 5.41) is 0. The van der Waals surface area contributed by atoms with Gasteiger partial charge in [-0.2, -0.15) is 0 Å². The largest absolute Gasteiger partial charge is 0.469 e. The second-order valence-electron chi connectivity index (χ2n) is 7.04. The molecule has 0 spiro atoms. The Bertz CT molecular complexity index is 381. The molecule has 1 saturated carbocycles. The van der Waals surface area contributed by atoms with E-state index in [0.717, 1.165) is 12.8 Å². The van der Waals surface area contributed by atoms with Gasteiger partial charge in [0.15, 0.2) is 0 Å². The van der Waals surface area contributed by atoms with Gasteiger partial charge >= 0.3 is 5.97 Å². The van der Waals surface area contributed by atoms with E-state index in [-0.39, 0.29) is 17.3 Å². The van der Waals surface area contributed by atoms with Gasteiger partial charge in [-0.15, -0.1) is 0 Å². The SMILES string of the molecule is COC(=O)[C@H]1C(C)=CC[C@H]2C(C)(C)CCC[C@]12C. The first-order valence-electron chi connectivity index (χ1n) is 7.07. The van der Waals surface area contributed by atoms with Gasteiger partial charge in [-0.3, -0.25) is 4.79 Å². The number of carbonyl (C=O) groups excluding carboxylic acids is 1. The number of hydrogen-bond donors (Lipinski definition) is 0. The number of methoxy groups -OCH3 is 1. The Morgan fingerprint density at radius 2 is 2.00 bits per heavy atom. The first-order chi connectivity index (χ1) is 8.33. The zero-order valence-corrected chi connectivity index (χ0v) is 12.4. The molecule has 0 aromatic heterocycles. The van der Waals surface area contributed by atoms with Crippen LogP contribution in [-0.4, -0.2) is 13.1 Å². The summed E-state index contributed by atoms with van der Waals surface area (Å²) in [5.74, 6) is 0.501. The number of allylic oxidation sites excluding steroid dienone is 1. The fraction of sp³-hybridized carbons (Fsp3) is 0.812. The topological polar surface area (TPSA) is 26.3 Å². The van der Waals surface area contributed by atoms with Crippen LogP contribution < -0.4 is 0 Å². The molecule has 0 amide bonds. The Balaban J connectivity index is 2.44. The summed E-state index contributed by atoms with van der Waals surface area (Å²) in [4.78, 5) is 12.2. The van der Waals surface area contributed by atoms with Crippen LogP contribution in [0.1, 0.15) is 53.4 Å². The van der Waals surface area contributed by atoms with E-state index in [0.29, 0.717) is 11.3 Å². The second kappa shape index (κ2) is 4.40. The van der Waals surface area contributed by atoms with E-state index >= 15 is 0 Å². The lowest BCUT2D eigenvalue weighted by Gasteiger charge is -2.55. The molecule has 2 rings (SSSR count). The molecule has 0 saturated heterocycles. The van der Waals surface area contributed by atoms with Gasteiger partial charge in [-0.05, 0) is 42.9 Å². The molecule has 2 nitrogen and oxygen atoms in total. The zero-order valence-electron chi connectivity index (χ0n) is 12.4. The summed E-state index contributed by atoms with van der Waals surface area (Å²) in [6.07, 6.45) is 7.02. The van der Waals surface area contributed by atoms with Crippen LogP contribution in [0.3, 0.4) is 0 Å². The van der Waals surface area contributed by atoms with E-state index in [1.165, 1.54) is 25.5 Å². The number of hydrogen-bond acceptors (Lipinski definition) is 2. The molecule has 0 aromatic carbocycles. The van der Waals surface area contributed by atoms with Crippen molar-refractivity contribution in [3.05, 3.63) is 11.6 Å². The lowest BCUT2D eigenvalue weighted by molar-refractivity contribution is -0.154. The van der Waals surface area contributed by atoms with Crippen molar-refractivity contribution in [2.75, 3.05) is 7.11 Å². The lowest BCUT2D eigenvalue weighted by atomic mass is 9.49. The highest BCUT2D eigenvalue weighted by atomic mass is 16.5. The highest BCUT2D eigenvalue weighted by molar-refractivity contribution is 5.77. The Labute approximate surface area is 111 Å². The molecule has 0 bridgehead atoms. The number of esters is 1. The predicted molar refractivity (Wildman–Crippen MR) is 73.1 cm³/mol. The van der Waals surface area contributed by atoms with E-state index in [9.17, 15) is 4.79 Å². The van der Waals surface area contributed by atoms with E-state index in [1.54, 1.807) is 0 Å². The first kappa shape index (κ1) is 13.6. The van der Waals surface area contributed by atoms with Crippen LogP contribution >= 0.6 is 0 Å². The number of fused-ring (bicyclic) bond motifs is 1. The molecule has 18 heavy (non-hydrogen) atoms. The Morgan fingerprint density at radius 3 is 2.61 bits per heavy atom. The fourth-order valence-corrected chi connectivity index (χ4v) is 4.61. The average molecular weight is 250 g/mol. The van der Waals surface area contributed by atoms with Crippen LogP contribution in [0.4, 0.5) is 0 Å². The minimum Gasteiger partial charge on any atom is -0.469 e. The minimum atomic E-state index is -0.0475. The second-order valence-corrected chi connectivity index (χ2v) is 7.04. The van der Waals surface area contributed by atoms with Crippen molar-refractivity contribution in [3.63, 3.8) is 0 Å². The number of rotatable bonds is 1. The summed E-state index contributed by atoms with van der Waals surface area (Å²) >= 11 is 0. The molecule has 102 valence electrons. The highest BCUT2D eigenvalue weighted by Gasteiger charge is 2.54. The van der Waals surface area contributed by atoms with Gasteiger partial charge in [-0.25, -0.2) is 0 Å². The third-order valence-electron chi connectivity index (χ3n) is 5.50. The van der Waals surface area contributed by atoms with Gasteiger partial charge in [-0.1, -0.05) is 38.8 Å². The van der Waals surface area contributed by atoms with Crippen LogP contribution in [0, 0.1) is 22.7 Å². The maximum atomic E-state index is 12.2. The Kier molecular flexibility index (Phi) is 3.33. The molecule has 0 aromatic rings. The quantitative estimate of drug-likeness (QED) is 0.520. The van der Waals surface area contributed by atoms with Crippen LogP contribution in [0.15, 0.2) is 11.6 Å². The smallest absolute Gasteiger partial charge is 0.313 e. The molecule has 2 aliphatic rings. The molecule has 0 N–H and O–H groups in total. The van der Waals surface area contributed by atoms with Crippen molar-refractivity contribution in [1.82, 2.24) is 0 Å². The van der Waals surface area contributed by atoms with Crippen molar-refractivity contribution in [2.24, 2.45) is 22.7 Å². The number of carbonyl (C=O) groups is 1. The van der Waals surface area contributed by atoms with Crippen LogP contribution in [0.2, 0.25) is 0 Å². The molecular formula is C16H26O2. The van der Waals surface area contributed by atoms with Gasteiger partial charge in [0.05, 0.1) is 13.0 Å². The maximum Gasteiger partial charge on any atom is 0.313 e. The number of ether oxygens (including phenoxy) is 1. The molecule has 0 unspecified atom stereocenters. The normalized spacial score (nSPS) is 38.6. The third-order valence-corrected chi connectivity index (χ3v) is 5.50. The van der Waals surface area contributed by atoms with Crippen molar-refractivity contribution in [1.29, 1.82) is 0 Å². The van der Waals surface area contributed by atoms with Crippen molar-refractivity contribution >= 4 is 5.97 Å². The molecule has 2 aliphatic carbocycles. The first-order valence-corrected chi connectivity index (χ1v) is 7.07. The summed E-state index contributed by atoms with van der Waals surface area (Å²) in [7, 11) is 1.51. The summed E-state index contributed by atoms with van der Waals surface area (Å²) in [5.41, 5.74) is 1.61. The van der Waals surface area contributed by atoms with E-state index in [1.807, 2.05) is 0 Å². The highest BCUT2D eigenvalue weighted by Crippen LogP contribution is 2.59.